The molecule has 0 nitrogen and oxygen atoms in total. The van der Waals surface area contributed by atoms with Crippen LogP contribution in [0.3, 0.4) is 0 Å². The van der Waals surface area contributed by atoms with E-state index >= 15 is 0 Å². The van der Waals surface area contributed by atoms with E-state index in [9.17, 15) is 0 Å². The molecule has 4 rings (SSSR count). The van der Waals surface area contributed by atoms with Gasteiger partial charge in [0.25, 0.3) is 0 Å². The van der Waals surface area contributed by atoms with Gasteiger partial charge in [0.2, 0.25) is 0 Å². The summed E-state index contributed by atoms with van der Waals surface area (Å²) in [5, 5.41) is 2.72. The van der Waals surface area contributed by atoms with E-state index in [2.05, 4.69) is 121 Å². The first kappa shape index (κ1) is 28.3. The van der Waals surface area contributed by atoms with E-state index in [1.807, 2.05) is 0 Å². The molecular weight excluding hydrogens is 546 g/mol. The van der Waals surface area contributed by atoms with Crippen molar-refractivity contribution in [1.29, 1.82) is 0 Å². The first-order valence-corrected chi connectivity index (χ1v) is 18.7. The molecule has 0 fully saturated rings. The Morgan fingerprint density at radius 2 is 1.31 bits per heavy atom. The molecule has 0 saturated carbocycles. The maximum atomic E-state index is 4.93. The second-order valence-electron chi connectivity index (χ2n) is 11.3. The van der Waals surface area contributed by atoms with Crippen molar-refractivity contribution in [2.75, 3.05) is 0 Å². The van der Waals surface area contributed by atoms with Gasteiger partial charge in [-0.15, -0.1) is 28.5 Å². The van der Waals surface area contributed by atoms with Crippen molar-refractivity contribution in [3.05, 3.63) is 89.5 Å². The molecule has 4 aromatic rings. The van der Waals surface area contributed by atoms with Crippen molar-refractivity contribution >= 4 is 27.8 Å². The minimum atomic E-state index is -0.826. The summed E-state index contributed by atoms with van der Waals surface area (Å²) in [6, 6.07) is 27.6. The molecule has 0 saturated heterocycles. The standard InChI is InChI=1S/C32H37.2ClH.Zr/c1-8-12-22-17-24-15-16-28(23-13-10-9-11-14-23)30(29(24)18-22)25-19-26(31(2,3)4)21-27(20-25)32(5,6)7;;;/h9-11,13-21H,8,12H2,1-7H3;2*1H;/q-1;;;+2/p-2. The van der Waals surface area contributed by atoms with Crippen LogP contribution in [0, 0.1) is 0 Å². The summed E-state index contributed by atoms with van der Waals surface area (Å²) in [7, 11) is 9.87. The van der Waals surface area contributed by atoms with E-state index in [4.69, 9.17) is 17.0 Å². The van der Waals surface area contributed by atoms with E-state index in [1.165, 1.54) is 56.1 Å². The van der Waals surface area contributed by atoms with Gasteiger partial charge >= 0.3 is 37.9 Å². The molecule has 0 aliphatic rings. The van der Waals surface area contributed by atoms with Gasteiger partial charge in [-0.05, 0) is 45.1 Å². The minimum absolute atomic E-state index is 0.0935. The summed E-state index contributed by atoms with van der Waals surface area (Å²) in [6.45, 7) is 16.2. The van der Waals surface area contributed by atoms with Crippen LogP contribution in [-0.4, -0.2) is 0 Å². The number of hydrogen-bond acceptors (Lipinski definition) is 0. The van der Waals surface area contributed by atoms with E-state index in [0.29, 0.717) is 0 Å². The predicted octanol–water partition coefficient (Wildman–Crippen LogP) is 10.8. The first-order valence-electron chi connectivity index (χ1n) is 12.4. The molecule has 0 aliphatic heterocycles. The summed E-state index contributed by atoms with van der Waals surface area (Å²) < 4.78 is 0. The molecular formula is C32H37Cl2Zr-. The Hall–Kier alpha value is -1.27. The zero-order valence-electron chi connectivity index (χ0n) is 22.1. The van der Waals surface area contributed by atoms with Crippen LogP contribution < -0.4 is 0 Å². The normalized spacial score (nSPS) is 11.8. The number of aryl methyl sites for hydroxylation is 1. The van der Waals surface area contributed by atoms with Crippen LogP contribution in [-0.2, 0) is 38.1 Å². The van der Waals surface area contributed by atoms with Gasteiger partial charge in [0.1, 0.15) is 0 Å². The molecule has 0 heterocycles. The molecule has 0 amide bonds. The molecule has 0 radical (unpaired) electrons. The molecule has 0 bridgehead atoms. The summed E-state index contributed by atoms with van der Waals surface area (Å²) >= 11 is -0.826. The third kappa shape index (κ3) is 6.94. The van der Waals surface area contributed by atoms with Crippen molar-refractivity contribution in [1.82, 2.24) is 0 Å². The Bertz CT molecular complexity index is 1220. The van der Waals surface area contributed by atoms with Crippen molar-refractivity contribution < 1.29 is 20.8 Å². The fraction of sp³-hybridized carbons (Fsp3) is 0.344. The third-order valence-corrected chi connectivity index (χ3v) is 6.53. The zero-order chi connectivity index (χ0) is 25.8. The Morgan fingerprint density at radius 3 is 1.83 bits per heavy atom. The van der Waals surface area contributed by atoms with Gasteiger partial charge in [0.05, 0.1) is 0 Å². The van der Waals surface area contributed by atoms with Gasteiger partial charge in [-0.25, -0.2) is 0 Å². The van der Waals surface area contributed by atoms with E-state index in [-0.39, 0.29) is 10.8 Å². The van der Waals surface area contributed by atoms with E-state index in [0.717, 1.165) is 6.42 Å². The molecule has 35 heavy (non-hydrogen) atoms. The van der Waals surface area contributed by atoms with Crippen molar-refractivity contribution in [2.45, 2.75) is 72.1 Å². The van der Waals surface area contributed by atoms with Crippen molar-refractivity contribution in [3.63, 3.8) is 0 Å². The van der Waals surface area contributed by atoms with E-state index < -0.39 is 20.8 Å². The maximum absolute atomic E-state index is 4.93. The zero-order valence-corrected chi connectivity index (χ0v) is 26.1. The molecule has 0 spiro atoms. The van der Waals surface area contributed by atoms with Gasteiger partial charge in [-0.1, -0.05) is 115 Å². The van der Waals surface area contributed by atoms with Gasteiger partial charge in [0.15, 0.2) is 0 Å². The molecule has 0 atom stereocenters. The first-order chi connectivity index (χ1) is 16.5. The van der Waals surface area contributed by atoms with Gasteiger partial charge in [-0.3, -0.25) is 0 Å². The number of rotatable bonds is 4. The topological polar surface area (TPSA) is 0 Å². The third-order valence-electron chi connectivity index (χ3n) is 6.53. The van der Waals surface area contributed by atoms with Crippen LogP contribution in [0.25, 0.3) is 33.0 Å². The monoisotopic (exact) mass is 581 g/mol. The van der Waals surface area contributed by atoms with Crippen LogP contribution in [0.4, 0.5) is 0 Å². The Labute approximate surface area is 231 Å². The molecule has 0 aliphatic carbocycles. The fourth-order valence-electron chi connectivity index (χ4n) is 4.58. The molecule has 0 N–H and O–H groups in total. The SMILES string of the molecule is CCCc1cc2c(-c3cc(C(C)(C)C)cc(C(C)(C)C)c3)c(-c3ccccc3)ccc2[cH-]1.[Cl][Zr][Cl]. The molecule has 184 valence electrons. The number of fused-ring (bicyclic) bond motifs is 1. The van der Waals surface area contributed by atoms with E-state index in [1.54, 1.807) is 0 Å². The van der Waals surface area contributed by atoms with Gasteiger partial charge in [0, 0.05) is 0 Å². The Kier molecular flexibility index (Phi) is 9.59. The van der Waals surface area contributed by atoms with Crippen LogP contribution in [0.15, 0.2) is 72.8 Å². The summed E-state index contributed by atoms with van der Waals surface area (Å²) in [6.07, 6.45) is 2.30. The average Bonchev–Trinajstić information content (AvgIpc) is 3.21. The second kappa shape index (κ2) is 11.9. The van der Waals surface area contributed by atoms with Crippen LogP contribution in [0.1, 0.15) is 71.6 Å². The summed E-state index contributed by atoms with van der Waals surface area (Å²) in [4.78, 5) is 0. The molecule has 0 aromatic heterocycles. The molecule has 3 heteroatoms. The van der Waals surface area contributed by atoms with Crippen LogP contribution >= 0.6 is 17.0 Å². The molecule has 0 unspecified atom stereocenters. The number of halogens is 2. The van der Waals surface area contributed by atoms with Crippen LogP contribution in [0.2, 0.25) is 0 Å². The number of benzene rings is 3. The quantitative estimate of drug-likeness (QED) is 0.210. The van der Waals surface area contributed by atoms with Gasteiger partial charge in [-0.2, -0.15) is 6.07 Å². The van der Waals surface area contributed by atoms with Gasteiger partial charge < -0.3 is 0 Å². The second-order valence-corrected chi connectivity index (χ2v) is 15.1. The summed E-state index contributed by atoms with van der Waals surface area (Å²) in [5.74, 6) is 0. The fourth-order valence-corrected chi connectivity index (χ4v) is 4.58. The Balaban J connectivity index is 0.00000108. The predicted molar refractivity (Wildman–Crippen MR) is 154 cm³/mol. The summed E-state index contributed by atoms with van der Waals surface area (Å²) in [5.41, 5.74) is 9.73. The molecule has 4 aromatic carbocycles. The average molecular weight is 584 g/mol. The number of hydrogen-bond donors (Lipinski definition) is 0. The van der Waals surface area contributed by atoms with Crippen molar-refractivity contribution in [3.8, 4) is 22.3 Å². The van der Waals surface area contributed by atoms with Crippen LogP contribution in [0.5, 0.6) is 0 Å². The van der Waals surface area contributed by atoms with Crippen molar-refractivity contribution in [2.24, 2.45) is 0 Å². The Morgan fingerprint density at radius 1 is 0.743 bits per heavy atom.